The topological polar surface area (TPSA) is 270 Å². The van der Waals surface area contributed by atoms with Gasteiger partial charge >= 0.3 is 0 Å². The van der Waals surface area contributed by atoms with Gasteiger partial charge in [0.2, 0.25) is 0 Å². The minimum Gasteiger partial charge on any atom is -0.370 e. The zero-order chi connectivity index (χ0) is 35.2. The summed E-state index contributed by atoms with van der Waals surface area (Å²) in [7, 11) is 0. The Morgan fingerprint density at radius 1 is 0.571 bits per heavy atom. The van der Waals surface area contributed by atoms with Gasteiger partial charge in [-0.1, -0.05) is 48.2 Å². The quantitative estimate of drug-likeness (QED) is 0.0643. The first kappa shape index (κ1) is 36.4. The molecular weight excluding hydrogens is 635 g/mol. The summed E-state index contributed by atoms with van der Waals surface area (Å²) in [5, 5.41) is 4.06. The highest BCUT2D eigenvalue weighted by atomic mass is 32.2. The molecule has 3 aromatic rings. The molecule has 1 saturated heterocycles. The Kier molecular flexibility index (Phi) is 13.6. The first-order valence-corrected chi connectivity index (χ1v) is 17.0. The zero-order valence-electron chi connectivity index (χ0n) is 27.6. The van der Waals surface area contributed by atoms with E-state index in [-0.39, 0.29) is 34.5 Å². The summed E-state index contributed by atoms with van der Waals surface area (Å²) in [6.45, 7) is 2.85. The van der Waals surface area contributed by atoms with Crippen molar-refractivity contribution in [3.8, 4) is 11.8 Å². The molecule has 2 unspecified atom stereocenters. The minimum absolute atomic E-state index is 0.0716. The lowest BCUT2D eigenvalue weighted by atomic mass is 9.99. The fourth-order valence-corrected chi connectivity index (χ4v) is 6.75. The smallest absolute Gasteiger partial charge is 0.185 e. The van der Waals surface area contributed by atoms with E-state index < -0.39 is 0 Å². The minimum atomic E-state index is 0.0716. The fraction of sp³-hybridized carbons (Fsp3) is 0.314. The lowest BCUT2D eigenvalue weighted by Crippen LogP contribution is -2.23. The second-order valence-electron chi connectivity index (χ2n) is 11.6. The van der Waals surface area contributed by atoms with Gasteiger partial charge in [0, 0.05) is 49.1 Å². The third kappa shape index (κ3) is 12.6. The van der Waals surface area contributed by atoms with Crippen molar-refractivity contribution >= 4 is 35.6 Å². The lowest BCUT2D eigenvalue weighted by molar-refractivity contribution is 0.713. The monoisotopic (exact) mass is 681 g/mol. The molecule has 258 valence electrons. The van der Waals surface area contributed by atoms with Crippen LogP contribution >= 0.6 is 11.8 Å². The molecule has 49 heavy (non-hydrogen) atoms. The Hall–Kier alpha value is -5.39. The van der Waals surface area contributed by atoms with E-state index in [1.165, 1.54) is 22.3 Å². The number of nitrogens with two attached hydrogens (primary N) is 8. The van der Waals surface area contributed by atoms with Crippen molar-refractivity contribution in [1.82, 2.24) is 5.32 Å². The number of aliphatic imine (C=N–C) groups is 4. The molecule has 0 bridgehead atoms. The van der Waals surface area contributed by atoms with E-state index in [1.54, 1.807) is 0 Å². The molecule has 0 aromatic heterocycles. The number of rotatable bonds is 14. The Morgan fingerprint density at radius 3 is 1.49 bits per heavy atom. The van der Waals surface area contributed by atoms with Gasteiger partial charge in [-0.05, 0) is 83.3 Å². The number of hydrogen-bond donors (Lipinski definition) is 9. The van der Waals surface area contributed by atoms with Gasteiger partial charge in [0.25, 0.3) is 0 Å². The number of benzene rings is 3. The van der Waals surface area contributed by atoms with Gasteiger partial charge in [0.15, 0.2) is 23.8 Å². The zero-order valence-corrected chi connectivity index (χ0v) is 28.4. The maximum absolute atomic E-state index is 5.55. The largest absolute Gasteiger partial charge is 0.370 e. The highest BCUT2D eigenvalue weighted by molar-refractivity contribution is 8.00. The van der Waals surface area contributed by atoms with Crippen LogP contribution < -0.4 is 51.2 Å². The summed E-state index contributed by atoms with van der Waals surface area (Å²) in [4.78, 5) is 16.6. The van der Waals surface area contributed by atoms with Crippen molar-refractivity contribution in [3.63, 3.8) is 0 Å². The molecule has 1 aliphatic heterocycles. The molecule has 0 aliphatic carbocycles. The number of hydrogen-bond acceptors (Lipinski definition) is 6. The predicted molar refractivity (Wildman–Crippen MR) is 204 cm³/mol. The summed E-state index contributed by atoms with van der Waals surface area (Å²) in [6, 6.07) is 21.3. The third-order valence-electron chi connectivity index (χ3n) is 7.61. The van der Waals surface area contributed by atoms with E-state index in [1.807, 2.05) is 23.9 Å². The van der Waals surface area contributed by atoms with Crippen molar-refractivity contribution in [2.75, 3.05) is 32.7 Å². The van der Waals surface area contributed by atoms with Crippen LogP contribution in [-0.4, -0.2) is 56.6 Å². The molecule has 0 amide bonds. The van der Waals surface area contributed by atoms with E-state index in [9.17, 15) is 0 Å². The SMILES string of the molecule is NC(N)=NCCc1cc(C#Cc2cccc(C3NCC(c4cc(CCN=C(N)N)cc(CCN=C(N)N)c4)S3)c2)cc(CCN=C(N)N)c1. The van der Waals surface area contributed by atoms with Crippen molar-refractivity contribution in [1.29, 1.82) is 0 Å². The van der Waals surface area contributed by atoms with Gasteiger partial charge in [0.05, 0.1) is 5.37 Å². The molecule has 17 N–H and O–H groups in total. The molecule has 1 aliphatic rings. The van der Waals surface area contributed by atoms with Crippen LogP contribution in [0, 0.1) is 11.8 Å². The number of nitrogens with zero attached hydrogens (tertiary/aromatic N) is 4. The van der Waals surface area contributed by atoms with Gasteiger partial charge in [0.1, 0.15) is 0 Å². The van der Waals surface area contributed by atoms with Gasteiger partial charge < -0.3 is 51.2 Å². The molecule has 14 heteroatoms. The lowest BCUT2D eigenvalue weighted by Gasteiger charge is -2.15. The number of thioether (sulfide) groups is 1. The second kappa shape index (κ2) is 18.2. The van der Waals surface area contributed by atoms with Gasteiger partial charge in [-0.25, -0.2) is 0 Å². The van der Waals surface area contributed by atoms with Crippen molar-refractivity contribution < 1.29 is 0 Å². The molecule has 1 heterocycles. The fourth-order valence-electron chi connectivity index (χ4n) is 5.44. The third-order valence-corrected chi connectivity index (χ3v) is 9.09. The van der Waals surface area contributed by atoms with E-state index in [2.05, 4.69) is 85.7 Å². The molecule has 4 rings (SSSR count). The first-order chi connectivity index (χ1) is 23.5. The summed E-state index contributed by atoms with van der Waals surface area (Å²) in [5.74, 6) is 7.04. The predicted octanol–water partition coefficient (Wildman–Crippen LogP) is 0.426. The Bertz CT molecular complexity index is 1670. The Morgan fingerprint density at radius 2 is 1.02 bits per heavy atom. The molecule has 1 fully saturated rings. The summed E-state index contributed by atoms with van der Waals surface area (Å²) in [5.41, 5.74) is 53.0. The van der Waals surface area contributed by atoms with Crippen LogP contribution in [0.1, 0.15) is 55.1 Å². The summed E-state index contributed by atoms with van der Waals surface area (Å²) in [6.07, 6.45) is 2.82. The molecule has 0 spiro atoms. The van der Waals surface area contributed by atoms with E-state index in [4.69, 9.17) is 45.9 Å². The highest BCUT2D eigenvalue weighted by Crippen LogP contribution is 2.44. The molecule has 3 aromatic carbocycles. The summed E-state index contributed by atoms with van der Waals surface area (Å²) < 4.78 is 0. The van der Waals surface area contributed by atoms with Crippen LogP contribution in [0.4, 0.5) is 0 Å². The molecule has 2 atom stereocenters. The van der Waals surface area contributed by atoms with Crippen LogP contribution in [0.5, 0.6) is 0 Å². The standard InChI is InChI=1S/C35H47N13S/c36-32(37)44-10-6-24-14-23(15-25(16-24)7-11-45-33(38)39)5-4-22-2-1-3-28(18-22)31-48-21-30(49-31)29-19-26(8-12-46-34(40)41)17-27(20-29)9-13-47-35(42)43/h1-3,14-20,30-31,48H,6-13,21H2,(H4,36,37,44)(H4,38,39,45)(H4,40,41,46)(H4,42,43,47). The van der Waals surface area contributed by atoms with Gasteiger partial charge in [-0.15, -0.1) is 11.8 Å². The Labute approximate surface area is 292 Å². The highest BCUT2D eigenvalue weighted by Gasteiger charge is 2.27. The molecule has 0 radical (unpaired) electrons. The van der Waals surface area contributed by atoms with Gasteiger partial charge in [-0.2, -0.15) is 0 Å². The average molecular weight is 682 g/mol. The number of guanidine groups is 4. The van der Waals surface area contributed by atoms with Crippen molar-refractivity contribution in [3.05, 3.63) is 105 Å². The van der Waals surface area contributed by atoms with Crippen LogP contribution in [0.15, 0.2) is 80.6 Å². The normalized spacial score (nSPS) is 15.0. The van der Waals surface area contributed by atoms with Crippen LogP contribution in [0.3, 0.4) is 0 Å². The molecule has 0 saturated carbocycles. The van der Waals surface area contributed by atoms with Gasteiger partial charge in [-0.3, -0.25) is 20.0 Å². The molecule has 13 nitrogen and oxygen atoms in total. The van der Waals surface area contributed by atoms with E-state index in [0.29, 0.717) is 39.0 Å². The van der Waals surface area contributed by atoms with Crippen LogP contribution in [0.2, 0.25) is 0 Å². The second-order valence-corrected chi connectivity index (χ2v) is 12.9. The maximum atomic E-state index is 5.55. The van der Waals surface area contributed by atoms with Crippen LogP contribution in [0.25, 0.3) is 0 Å². The van der Waals surface area contributed by atoms with Crippen molar-refractivity contribution in [2.45, 2.75) is 36.3 Å². The van der Waals surface area contributed by atoms with E-state index in [0.717, 1.165) is 41.6 Å². The molecular formula is C35H47N13S. The van der Waals surface area contributed by atoms with Crippen molar-refractivity contribution in [2.24, 2.45) is 65.8 Å². The summed E-state index contributed by atoms with van der Waals surface area (Å²) >= 11 is 1.89. The Balaban J connectivity index is 1.51. The number of nitrogens with one attached hydrogen (secondary N) is 1. The first-order valence-electron chi connectivity index (χ1n) is 16.0. The average Bonchev–Trinajstić information content (AvgIpc) is 3.54. The van der Waals surface area contributed by atoms with Crippen LogP contribution in [-0.2, 0) is 25.7 Å². The maximum Gasteiger partial charge on any atom is 0.185 e. The van der Waals surface area contributed by atoms with E-state index >= 15 is 0 Å².